The molecule has 0 N–H and O–H groups in total. The van der Waals surface area contributed by atoms with Crippen LogP contribution in [0.25, 0.3) is 0 Å². The molecule has 130 valence electrons. The van der Waals surface area contributed by atoms with Crippen molar-refractivity contribution in [3.05, 3.63) is 53.6 Å². The van der Waals surface area contributed by atoms with E-state index in [1.165, 1.54) is 24.1 Å². The van der Waals surface area contributed by atoms with E-state index < -0.39 is 0 Å². The van der Waals surface area contributed by atoms with Crippen molar-refractivity contribution >= 4 is 17.3 Å². The molecule has 2 heterocycles. The van der Waals surface area contributed by atoms with Crippen LogP contribution in [0.5, 0.6) is 5.75 Å². The lowest BCUT2D eigenvalue weighted by atomic mass is 9.99. The van der Waals surface area contributed by atoms with Crippen LogP contribution in [0.3, 0.4) is 0 Å². The molecule has 0 bridgehead atoms. The number of carbonyl (C=O) groups is 1. The van der Waals surface area contributed by atoms with Gasteiger partial charge in [0.2, 0.25) is 0 Å². The van der Waals surface area contributed by atoms with Gasteiger partial charge < -0.3 is 14.5 Å². The fourth-order valence-corrected chi connectivity index (χ4v) is 3.91. The summed E-state index contributed by atoms with van der Waals surface area (Å²) in [5.41, 5.74) is 4.18. The second-order valence-corrected chi connectivity index (χ2v) is 6.77. The Hall–Kier alpha value is -2.49. The first-order valence-electron chi connectivity index (χ1n) is 9.10. The van der Waals surface area contributed by atoms with Crippen LogP contribution in [0.1, 0.15) is 35.2 Å². The van der Waals surface area contributed by atoms with Crippen molar-refractivity contribution < 1.29 is 9.53 Å². The summed E-state index contributed by atoms with van der Waals surface area (Å²) in [6, 6.07) is 14.1. The van der Waals surface area contributed by atoms with E-state index in [4.69, 9.17) is 4.74 Å². The zero-order valence-corrected chi connectivity index (χ0v) is 14.7. The normalized spacial score (nSPS) is 16.7. The number of ether oxygens (including phenoxy) is 1. The number of para-hydroxylation sites is 1. The number of amides is 1. The quantitative estimate of drug-likeness (QED) is 0.852. The summed E-state index contributed by atoms with van der Waals surface area (Å²) in [5, 5.41) is 0. The molecule has 4 nitrogen and oxygen atoms in total. The first-order chi connectivity index (χ1) is 12.3. The third kappa shape index (κ3) is 2.97. The minimum Gasteiger partial charge on any atom is -0.496 e. The van der Waals surface area contributed by atoms with Crippen LogP contribution in [-0.2, 0) is 6.42 Å². The molecule has 0 aliphatic carbocycles. The number of hydrogen-bond acceptors (Lipinski definition) is 3. The summed E-state index contributed by atoms with van der Waals surface area (Å²) in [6.45, 7) is 2.98. The Morgan fingerprint density at radius 1 is 1.00 bits per heavy atom. The fourth-order valence-electron chi connectivity index (χ4n) is 3.91. The van der Waals surface area contributed by atoms with Crippen LogP contribution in [0, 0.1) is 0 Å². The molecule has 4 rings (SSSR count). The predicted octanol–water partition coefficient (Wildman–Crippen LogP) is 3.89. The Balaban J connectivity index is 1.70. The Bertz CT molecular complexity index is 781. The second-order valence-electron chi connectivity index (χ2n) is 6.77. The molecule has 2 aromatic carbocycles. The van der Waals surface area contributed by atoms with Crippen molar-refractivity contribution in [1.82, 2.24) is 0 Å². The largest absolute Gasteiger partial charge is 0.496 e. The van der Waals surface area contributed by atoms with Crippen molar-refractivity contribution in [3.8, 4) is 5.75 Å². The highest BCUT2D eigenvalue weighted by Crippen LogP contribution is 2.34. The molecule has 0 aromatic heterocycles. The van der Waals surface area contributed by atoms with Gasteiger partial charge in [0.15, 0.2) is 0 Å². The van der Waals surface area contributed by atoms with Gasteiger partial charge in [-0.15, -0.1) is 0 Å². The van der Waals surface area contributed by atoms with Gasteiger partial charge in [0.1, 0.15) is 5.75 Å². The molecule has 2 aromatic rings. The Morgan fingerprint density at radius 2 is 1.80 bits per heavy atom. The molecule has 2 aliphatic heterocycles. The van der Waals surface area contributed by atoms with Gasteiger partial charge in [0, 0.05) is 31.0 Å². The Morgan fingerprint density at radius 3 is 2.60 bits per heavy atom. The summed E-state index contributed by atoms with van der Waals surface area (Å²) in [7, 11) is 1.61. The number of nitrogens with zero attached hydrogens (tertiary/aromatic N) is 2. The number of benzene rings is 2. The summed E-state index contributed by atoms with van der Waals surface area (Å²) in [6.07, 6.45) is 4.53. The van der Waals surface area contributed by atoms with Gasteiger partial charge in [-0.2, -0.15) is 0 Å². The molecule has 1 amide bonds. The molecule has 2 aliphatic rings. The summed E-state index contributed by atoms with van der Waals surface area (Å²) >= 11 is 0. The summed E-state index contributed by atoms with van der Waals surface area (Å²) < 4.78 is 5.39. The standard InChI is InChI=1S/C21H24N2O2/c1-25-20-9-3-2-8-18(20)21(24)23-14-6-7-16-10-11-17(15-19(16)23)22-12-4-5-13-22/h2-3,8-11,15H,4-7,12-14H2,1H3. The maximum absolute atomic E-state index is 13.2. The number of aryl methyl sites for hydroxylation is 1. The second kappa shape index (κ2) is 6.79. The van der Waals surface area contributed by atoms with Crippen LogP contribution in [0.15, 0.2) is 42.5 Å². The number of methoxy groups -OCH3 is 1. The van der Waals surface area contributed by atoms with Gasteiger partial charge in [0.25, 0.3) is 5.91 Å². The predicted molar refractivity (Wildman–Crippen MR) is 101 cm³/mol. The van der Waals surface area contributed by atoms with Crippen molar-refractivity contribution in [2.75, 3.05) is 36.5 Å². The molecule has 0 saturated carbocycles. The molecule has 0 radical (unpaired) electrons. The van der Waals surface area contributed by atoms with Crippen molar-refractivity contribution in [2.45, 2.75) is 25.7 Å². The molecular formula is C21H24N2O2. The highest BCUT2D eigenvalue weighted by Gasteiger charge is 2.26. The van der Waals surface area contributed by atoms with E-state index in [9.17, 15) is 4.79 Å². The van der Waals surface area contributed by atoms with E-state index in [-0.39, 0.29) is 5.91 Å². The molecule has 0 unspecified atom stereocenters. The number of rotatable bonds is 3. The van der Waals surface area contributed by atoms with Crippen LogP contribution in [0.2, 0.25) is 0 Å². The monoisotopic (exact) mass is 336 g/mol. The lowest BCUT2D eigenvalue weighted by Gasteiger charge is -2.31. The zero-order chi connectivity index (χ0) is 17.2. The minimum atomic E-state index is 0.0250. The summed E-state index contributed by atoms with van der Waals surface area (Å²) in [5.74, 6) is 0.660. The first-order valence-corrected chi connectivity index (χ1v) is 9.10. The molecule has 0 spiro atoms. The third-order valence-corrected chi connectivity index (χ3v) is 5.24. The summed E-state index contributed by atoms with van der Waals surface area (Å²) in [4.78, 5) is 17.6. The van der Waals surface area contributed by atoms with Crippen LogP contribution < -0.4 is 14.5 Å². The zero-order valence-electron chi connectivity index (χ0n) is 14.7. The minimum absolute atomic E-state index is 0.0250. The Labute approximate surface area is 149 Å². The molecule has 1 fully saturated rings. The van der Waals surface area contributed by atoms with E-state index >= 15 is 0 Å². The van der Waals surface area contributed by atoms with Crippen LogP contribution >= 0.6 is 0 Å². The molecule has 25 heavy (non-hydrogen) atoms. The van der Waals surface area contributed by atoms with E-state index in [0.717, 1.165) is 38.2 Å². The van der Waals surface area contributed by atoms with Gasteiger partial charge in [-0.25, -0.2) is 0 Å². The highest BCUT2D eigenvalue weighted by molar-refractivity contribution is 6.08. The molecule has 0 atom stereocenters. The van der Waals surface area contributed by atoms with Gasteiger partial charge in [0.05, 0.1) is 12.7 Å². The van der Waals surface area contributed by atoms with Gasteiger partial charge in [-0.3, -0.25) is 4.79 Å². The lowest BCUT2D eigenvalue weighted by Crippen LogP contribution is -2.36. The molecule has 4 heteroatoms. The first kappa shape index (κ1) is 16.0. The maximum atomic E-state index is 13.2. The Kier molecular flexibility index (Phi) is 4.35. The SMILES string of the molecule is COc1ccccc1C(=O)N1CCCc2ccc(N3CCCC3)cc21. The van der Waals surface area contributed by atoms with Crippen LogP contribution in [0.4, 0.5) is 11.4 Å². The third-order valence-electron chi connectivity index (χ3n) is 5.24. The van der Waals surface area contributed by atoms with Gasteiger partial charge >= 0.3 is 0 Å². The topological polar surface area (TPSA) is 32.8 Å². The lowest BCUT2D eigenvalue weighted by molar-refractivity contribution is 0.0982. The highest BCUT2D eigenvalue weighted by atomic mass is 16.5. The number of hydrogen-bond donors (Lipinski definition) is 0. The van der Waals surface area contributed by atoms with E-state index in [0.29, 0.717) is 11.3 Å². The molecular weight excluding hydrogens is 312 g/mol. The van der Waals surface area contributed by atoms with Gasteiger partial charge in [-0.1, -0.05) is 18.2 Å². The van der Waals surface area contributed by atoms with Crippen molar-refractivity contribution in [3.63, 3.8) is 0 Å². The number of fused-ring (bicyclic) bond motifs is 1. The van der Waals surface area contributed by atoms with E-state index in [2.05, 4.69) is 23.1 Å². The average molecular weight is 336 g/mol. The fraction of sp³-hybridized carbons (Fsp3) is 0.381. The maximum Gasteiger partial charge on any atom is 0.262 e. The van der Waals surface area contributed by atoms with E-state index in [1.807, 2.05) is 29.2 Å². The van der Waals surface area contributed by atoms with E-state index in [1.54, 1.807) is 7.11 Å². The van der Waals surface area contributed by atoms with Crippen molar-refractivity contribution in [1.29, 1.82) is 0 Å². The number of anilines is 2. The molecule has 1 saturated heterocycles. The average Bonchev–Trinajstić information content (AvgIpc) is 3.21. The van der Waals surface area contributed by atoms with Crippen molar-refractivity contribution in [2.24, 2.45) is 0 Å². The van der Waals surface area contributed by atoms with Gasteiger partial charge in [-0.05, 0) is 55.5 Å². The van der Waals surface area contributed by atoms with Crippen LogP contribution in [-0.4, -0.2) is 32.7 Å². The number of carbonyl (C=O) groups excluding carboxylic acids is 1. The smallest absolute Gasteiger partial charge is 0.262 e.